The highest BCUT2D eigenvalue weighted by Crippen LogP contribution is 2.20. The number of nitro groups is 1. The first-order chi connectivity index (χ1) is 7.60. The van der Waals surface area contributed by atoms with E-state index >= 15 is 0 Å². The molecule has 1 N–H and O–H groups in total. The number of nitrogens with zero attached hydrogens (tertiary/aromatic N) is 1. The Balaban J connectivity index is 3.17. The van der Waals surface area contributed by atoms with Crippen LogP contribution < -0.4 is 5.32 Å². The van der Waals surface area contributed by atoms with Crippen LogP contribution in [-0.2, 0) is 11.3 Å². The number of rotatable bonds is 4. The predicted molar refractivity (Wildman–Crippen MR) is 57.2 cm³/mol. The molecule has 0 spiro atoms. The molecule has 1 rings (SSSR count). The summed E-state index contributed by atoms with van der Waals surface area (Å²) in [6.07, 6.45) is 0. The SMILES string of the molecule is CNCc1ccc(C(=O)OC)cc1[N+](=O)[O-]. The van der Waals surface area contributed by atoms with E-state index < -0.39 is 10.9 Å². The molecule has 0 aromatic heterocycles. The van der Waals surface area contributed by atoms with Gasteiger partial charge < -0.3 is 10.1 Å². The zero-order valence-electron chi connectivity index (χ0n) is 9.02. The Kier molecular flexibility index (Phi) is 3.96. The first-order valence-electron chi connectivity index (χ1n) is 4.60. The maximum atomic E-state index is 11.2. The number of carbonyl (C=O) groups excluding carboxylic acids is 1. The highest BCUT2D eigenvalue weighted by molar-refractivity contribution is 5.90. The van der Waals surface area contributed by atoms with Gasteiger partial charge in [0.1, 0.15) is 0 Å². The summed E-state index contributed by atoms with van der Waals surface area (Å²) in [5, 5.41) is 13.6. The zero-order valence-corrected chi connectivity index (χ0v) is 9.02. The van der Waals surface area contributed by atoms with E-state index in [1.165, 1.54) is 19.2 Å². The van der Waals surface area contributed by atoms with Crippen LogP contribution in [0.1, 0.15) is 15.9 Å². The lowest BCUT2D eigenvalue weighted by atomic mass is 10.1. The van der Waals surface area contributed by atoms with E-state index in [1.54, 1.807) is 13.1 Å². The van der Waals surface area contributed by atoms with Gasteiger partial charge in [0.25, 0.3) is 5.69 Å². The van der Waals surface area contributed by atoms with Crippen molar-refractivity contribution in [2.24, 2.45) is 0 Å². The van der Waals surface area contributed by atoms with E-state index in [-0.39, 0.29) is 11.3 Å². The van der Waals surface area contributed by atoms with Crippen LogP contribution in [0.15, 0.2) is 18.2 Å². The van der Waals surface area contributed by atoms with Crippen LogP contribution >= 0.6 is 0 Å². The number of nitro benzene ring substituents is 1. The van der Waals surface area contributed by atoms with Crippen LogP contribution in [0.4, 0.5) is 5.69 Å². The lowest BCUT2D eigenvalue weighted by molar-refractivity contribution is -0.385. The third-order valence-corrected chi connectivity index (χ3v) is 2.07. The fourth-order valence-corrected chi connectivity index (χ4v) is 1.32. The predicted octanol–water partition coefficient (Wildman–Crippen LogP) is 1.10. The molecular formula is C10H12N2O4. The van der Waals surface area contributed by atoms with E-state index in [1.807, 2.05) is 0 Å². The first kappa shape index (κ1) is 12.1. The number of esters is 1. The molecule has 0 aliphatic rings. The summed E-state index contributed by atoms with van der Waals surface area (Å²) in [4.78, 5) is 21.5. The van der Waals surface area contributed by atoms with Crippen molar-refractivity contribution in [3.63, 3.8) is 0 Å². The normalized spacial score (nSPS) is 9.88. The average Bonchev–Trinajstić information content (AvgIpc) is 2.28. The van der Waals surface area contributed by atoms with E-state index in [0.29, 0.717) is 12.1 Å². The molecule has 6 heteroatoms. The number of benzene rings is 1. The molecule has 0 aliphatic heterocycles. The molecule has 0 radical (unpaired) electrons. The smallest absolute Gasteiger partial charge is 0.338 e. The van der Waals surface area contributed by atoms with Crippen molar-refractivity contribution in [1.29, 1.82) is 0 Å². The fourth-order valence-electron chi connectivity index (χ4n) is 1.32. The molecule has 0 bridgehead atoms. The maximum absolute atomic E-state index is 11.2. The molecule has 0 unspecified atom stereocenters. The molecule has 0 aliphatic carbocycles. The van der Waals surface area contributed by atoms with Crippen molar-refractivity contribution in [2.75, 3.05) is 14.2 Å². The third kappa shape index (κ3) is 2.54. The maximum Gasteiger partial charge on any atom is 0.338 e. The van der Waals surface area contributed by atoms with Gasteiger partial charge in [0.05, 0.1) is 17.6 Å². The molecule has 0 fully saturated rings. The molecule has 1 aromatic carbocycles. The Morgan fingerprint density at radius 2 is 2.25 bits per heavy atom. The van der Waals surface area contributed by atoms with Crippen molar-refractivity contribution < 1.29 is 14.5 Å². The summed E-state index contributed by atoms with van der Waals surface area (Å²) in [6.45, 7) is 0.373. The Labute approximate surface area is 92.4 Å². The van der Waals surface area contributed by atoms with Gasteiger partial charge in [-0.1, -0.05) is 6.07 Å². The van der Waals surface area contributed by atoms with Crippen LogP contribution in [0.3, 0.4) is 0 Å². The first-order valence-corrected chi connectivity index (χ1v) is 4.60. The van der Waals surface area contributed by atoms with Crippen LogP contribution in [-0.4, -0.2) is 25.1 Å². The average molecular weight is 224 g/mol. The van der Waals surface area contributed by atoms with Gasteiger partial charge in [-0.05, 0) is 13.1 Å². The molecule has 16 heavy (non-hydrogen) atoms. The topological polar surface area (TPSA) is 81.5 Å². The van der Waals surface area contributed by atoms with Crippen molar-refractivity contribution >= 4 is 11.7 Å². The highest BCUT2D eigenvalue weighted by atomic mass is 16.6. The number of hydrogen-bond donors (Lipinski definition) is 1. The summed E-state index contributed by atoms with van der Waals surface area (Å²) in [5.41, 5.74) is 0.617. The summed E-state index contributed by atoms with van der Waals surface area (Å²) in [5.74, 6) is -0.584. The van der Waals surface area contributed by atoms with Crippen LogP contribution in [0, 0.1) is 10.1 Å². The number of hydrogen-bond acceptors (Lipinski definition) is 5. The van der Waals surface area contributed by atoms with Gasteiger partial charge >= 0.3 is 5.97 Å². The summed E-state index contributed by atoms with van der Waals surface area (Å²) in [6, 6.07) is 4.27. The molecule has 0 saturated carbocycles. The summed E-state index contributed by atoms with van der Waals surface area (Å²) >= 11 is 0. The standard InChI is InChI=1S/C10H12N2O4/c1-11-6-8-4-3-7(10(13)16-2)5-9(8)12(14)15/h3-5,11H,6H2,1-2H3. The van der Waals surface area contributed by atoms with Gasteiger partial charge in [-0.15, -0.1) is 0 Å². The van der Waals surface area contributed by atoms with Gasteiger partial charge in [-0.2, -0.15) is 0 Å². The van der Waals surface area contributed by atoms with Gasteiger partial charge in [0.15, 0.2) is 0 Å². The minimum atomic E-state index is -0.584. The van der Waals surface area contributed by atoms with Crippen LogP contribution in [0.2, 0.25) is 0 Å². The van der Waals surface area contributed by atoms with Crippen LogP contribution in [0.5, 0.6) is 0 Å². The Morgan fingerprint density at radius 1 is 1.56 bits per heavy atom. The summed E-state index contributed by atoms with van der Waals surface area (Å²) < 4.78 is 4.49. The van der Waals surface area contributed by atoms with E-state index in [2.05, 4.69) is 10.1 Å². The molecular weight excluding hydrogens is 212 g/mol. The number of carbonyl (C=O) groups is 1. The Morgan fingerprint density at radius 3 is 2.75 bits per heavy atom. The molecule has 0 saturated heterocycles. The van der Waals surface area contributed by atoms with Crippen LogP contribution in [0.25, 0.3) is 0 Å². The van der Waals surface area contributed by atoms with Gasteiger partial charge in [-0.3, -0.25) is 10.1 Å². The Hall–Kier alpha value is -1.95. The lowest BCUT2D eigenvalue weighted by Gasteiger charge is -2.04. The van der Waals surface area contributed by atoms with Crippen molar-refractivity contribution in [2.45, 2.75) is 6.54 Å². The quantitative estimate of drug-likeness (QED) is 0.470. The van der Waals surface area contributed by atoms with Gasteiger partial charge in [-0.25, -0.2) is 4.79 Å². The molecule has 1 aromatic rings. The van der Waals surface area contributed by atoms with Gasteiger partial charge in [0, 0.05) is 18.2 Å². The van der Waals surface area contributed by atoms with Crippen molar-refractivity contribution in [1.82, 2.24) is 5.32 Å². The number of methoxy groups -OCH3 is 1. The molecule has 0 atom stereocenters. The second kappa shape index (κ2) is 5.22. The monoisotopic (exact) mass is 224 g/mol. The zero-order chi connectivity index (χ0) is 12.1. The van der Waals surface area contributed by atoms with E-state index in [4.69, 9.17) is 0 Å². The van der Waals surface area contributed by atoms with E-state index in [9.17, 15) is 14.9 Å². The minimum absolute atomic E-state index is 0.0859. The molecule has 6 nitrogen and oxygen atoms in total. The van der Waals surface area contributed by atoms with Crippen molar-refractivity contribution in [3.05, 3.63) is 39.4 Å². The Bertz CT molecular complexity index is 417. The van der Waals surface area contributed by atoms with Crippen molar-refractivity contribution in [3.8, 4) is 0 Å². The molecule has 86 valence electrons. The highest BCUT2D eigenvalue weighted by Gasteiger charge is 2.16. The minimum Gasteiger partial charge on any atom is -0.465 e. The lowest BCUT2D eigenvalue weighted by Crippen LogP contribution is -2.09. The third-order valence-electron chi connectivity index (χ3n) is 2.07. The molecule has 0 heterocycles. The van der Waals surface area contributed by atoms with E-state index in [0.717, 1.165) is 0 Å². The second-order valence-corrected chi connectivity index (χ2v) is 3.12. The largest absolute Gasteiger partial charge is 0.465 e. The molecule has 0 amide bonds. The summed E-state index contributed by atoms with van der Waals surface area (Å²) in [7, 11) is 2.92. The second-order valence-electron chi connectivity index (χ2n) is 3.12. The fraction of sp³-hybridized carbons (Fsp3) is 0.300. The number of ether oxygens (including phenoxy) is 1. The van der Waals surface area contributed by atoms with Gasteiger partial charge in [0.2, 0.25) is 0 Å². The number of nitrogens with one attached hydrogen (secondary N) is 1.